The van der Waals surface area contributed by atoms with Gasteiger partial charge in [0.1, 0.15) is 37.0 Å². The number of hydrogen-bond acceptors (Lipinski definition) is 15. The van der Waals surface area contributed by atoms with Crippen LogP contribution in [0.25, 0.3) is 0 Å². The van der Waals surface area contributed by atoms with Crippen LogP contribution in [0.4, 0.5) is 0 Å². The maximum absolute atomic E-state index is 13.6. The Balaban J connectivity index is 1.80. The lowest BCUT2D eigenvalue weighted by Gasteiger charge is -2.44. The Kier molecular flexibility index (Phi) is 27.3. The number of amides is 4. The summed E-state index contributed by atoms with van der Waals surface area (Å²) in [5.41, 5.74) is 5.62. The van der Waals surface area contributed by atoms with Crippen molar-refractivity contribution in [2.24, 2.45) is 5.73 Å². The molecule has 0 aromatic carbocycles. The number of ether oxygens (including phenoxy) is 3. The van der Waals surface area contributed by atoms with E-state index >= 15 is 0 Å². The molecular formula is C41H74N5O16P. The van der Waals surface area contributed by atoms with Gasteiger partial charge in [-0.1, -0.05) is 77.6 Å². The van der Waals surface area contributed by atoms with Gasteiger partial charge in [0, 0.05) is 32.9 Å². The molecule has 364 valence electrons. The van der Waals surface area contributed by atoms with Gasteiger partial charge in [-0.15, -0.1) is 0 Å². The second-order valence-electron chi connectivity index (χ2n) is 16.2. The highest BCUT2D eigenvalue weighted by Gasteiger charge is 2.47. The van der Waals surface area contributed by atoms with Crippen LogP contribution in [0, 0.1) is 0 Å². The van der Waals surface area contributed by atoms with Crippen LogP contribution in [0.3, 0.4) is 0 Å². The van der Waals surface area contributed by atoms with Crippen LogP contribution in [0.5, 0.6) is 0 Å². The topological polar surface area (TPSA) is 312 Å². The number of carboxylic acid groups (broad SMARTS) is 1. The molecule has 0 radical (unpaired) electrons. The molecule has 0 aromatic heterocycles. The molecule has 9 N–H and O–H groups in total. The van der Waals surface area contributed by atoms with E-state index in [2.05, 4.69) is 22.9 Å². The van der Waals surface area contributed by atoms with Crippen molar-refractivity contribution in [1.29, 1.82) is 0 Å². The van der Waals surface area contributed by atoms with Crippen molar-refractivity contribution >= 4 is 43.4 Å². The second-order valence-corrected chi connectivity index (χ2v) is 17.7. The fourth-order valence-electron chi connectivity index (χ4n) is 7.45. The predicted octanol–water partition coefficient (Wildman–Crippen LogP) is 1.92. The standard InChI is InChI=1S/C41H74N5O16P/c1-4-5-6-7-8-9-10-11-12-13-14-15-24-59-63(56,57)60-25-23-44-33(48)19-21-35(51)58-27-32-37(52)38(36(41(55)62-32)45-29(3)47)61-28(2)26-46(40(54)30-17-16-22-43-30)31(39(42)53)18-20-34(49)50/h28,30-32,36-38,41,43,52,55H,4-27H2,1-3H3,(H2,42,53)(H,44,48)(H,45,47)(H,49,50)(H,56,57)/t28?,30-,31+,32+,36+,37+,38+,41-/m0/s1. The van der Waals surface area contributed by atoms with Gasteiger partial charge in [0.2, 0.25) is 23.6 Å². The molecule has 2 unspecified atom stereocenters. The number of rotatable bonds is 34. The number of hydrogen-bond donors (Lipinski definition) is 8. The third-order valence-corrected chi connectivity index (χ3v) is 11.8. The molecule has 9 atom stereocenters. The number of nitrogens with two attached hydrogens (primary N) is 1. The molecule has 21 nitrogen and oxygen atoms in total. The SMILES string of the molecule is CCCCCCCCCCCCCCOP(=O)(O)OCCNC(=O)CCC(=O)OC[C@H]1O[C@H](O)[C@H](NC(C)=O)[C@@H](OC(C)CN(C(=O)[C@@H]2CCCN2)[C@H](CCC(=O)O)C(N)=O)[C@@H]1O. The third kappa shape index (κ3) is 23.0. The number of nitrogens with one attached hydrogen (secondary N) is 3. The molecule has 0 aromatic rings. The summed E-state index contributed by atoms with van der Waals surface area (Å²) in [5, 5.41) is 39.4. The molecule has 2 rings (SSSR count). The maximum Gasteiger partial charge on any atom is 0.472 e. The summed E-state index contributed by atoms with van der Waals surface area (Å²) in [6.45, 7) is 4.15. The average Bonchev–Trinajstić information content (AvgIpc) is 3.77. The van der Waals surface area contributed by atoms with Gasteiger partial charge in [-0.3, -0.25) is 37.8 Å². The molecule has 0 aliphatic carbocycles. The van der Waals surface area contributed by atoms with Gasteiger partial charge in [-0.2, -0.15) is 0 Å². The lowest BCUT2D eigenvalue weighted by Crippen LogP contribution is -2.66. The highest BCUT2D eigenvalue weighted by atomic mass is 31.2. The number of phosphoric acid groups is 1. The second kappa shape index (κ2) is 30.8. The van der Waals surface area contributed by atoms with E-state index in [0.717, 1.165) is 31.1 Å². The summed E-state index contributed by atoms with van der Waals surface area (Å²) >= 11 is 0. The molecule has 63 heavy (non-hydrogen) atoms. The molecule has 4 amide bonds. The third-order valence-electron chi connectivity index (χ3n) is 10.8. The Morgan fingerprint density at radius 2 is 1.54 bits per heavy atom. The Labute approximate surface area is 370 Å². The number of aliphatic hydroxyl groups is 2. The Hall–Kier alpha value is -3.27. The number of esters is 1. The van der Waals surface area contributed by atoms with Crippen molar-refractivity contribution in [3.8, 4) is 0 Å². The highest BCUT2D eigenvalue weighted by molar-refractivity contribution is 7.47. The van der Waals surface area contributed by atoms with Crippen LogP contribution in [-0.2, 0) is 56.6 Å². The van der Waals surface area contributed by atoms with Crippen LogP contribution in [0.2, 0.25) is 0 Å². The van der Waals surface area contributed by atoms with Crippen molar-refractivity contribution in [2.45, 2.75) is 185 Å². The predicted molar refractivity (Wildman–Crippen MR) is 227 cm³/mol. The van der Waals surface area contributed by atoms with Crippen LogP contribution >= 0.6 is 7.82 Å². The molecular weight excluding hydrogens is 849 g/mol. The zero-order valence-electron chi connectivity index (χ0n) is 37.2. The van der Waals surface area contributed by atoms with Gasteiger partial charge in [0.15, 0.2) is 6.29 Å². The number of aliphatic carboxylic acids is 1. The normalized spacial score (nSPS) is 23.0. The lowest BCUT2D eigenvalue weighted by molar-refractivity contribution is -0.269. The fraction of sp³-hybridized carbons (Fsp3) is 0.854. The first kappa shape index (κ1) is 55.9. The monoisotopic (exact) mass is 923 g/mol. The van der Waals surface area contributed by atoms with E-state index in [1.807, 2.05) is 0 Å². The summed E-state index contributed by atoms with van der Waals surface area (Å²) in [6.07, 6.45) is 6.29. The van der Waals surface area contributed by atoms with Crippen LogP contribution in [0.15, 0.2) is 0 Å². The zero-order chi connectivity index (χ0) is 46.8. The number of phosphoric ester groups is 1. The van der Waals surface area contributed by atoms with Crippen molar-refractivity contribution in [3.05, 3.63) is 0 Å². The molecule has 2 aliphatic rings. The number of carbonyl (C=O) groups excluding carboxylic acids is 5. The van der Waals surface area contributed by atoms with Crippen molar-refractivity contribution < 1.29 is 76.8 Å². The van der Waals surface area contributed by atoms with E-state index in [1.165, 1.54) is 58.3 Å². The number of primary amides is 1. The first-order chi connectivity index (χ1) is 29.9. The number of nitrogens with zero attached hydrogens (tertiary/aromatic N) is 1. The number of aliphatic hydroxyl groups excluding tert-OH is 2. The zero-order valence-corrected chi connectivity index (χ0v) is 38.1. The largest absolute Gasteiger partial charge is 0.481 e. The van der Waals surface area contributed by atoms with Crippen LogP contribution in [0.1, 0.15) is 136 Å². The summed E-state index contributed by atoms with van der Waals surface area (Å²) in [7, 11) is -4.31. The van der Waals surface area contributed by atoms with E-state index < -0.39 is 112 Å². The van der Waals surface area contributed by atoms with E-state index in [9.17, 15) is 53.5 Å². The molecule has 0 saturated carbocycles. The van der Waals surface area contributed by atoms with Gasteiger partial charge in [-0.25, -0.2) is 4.57 Å². The molecule has 2 heterocycles. The Bertz CT molecular complexity index is 1460. The summed E-state index contributed by atoms with van der Waals surface area (Å²) in [4.78, 5) is 85.4. The van der Waals surface area contributed by atoms with Crippen molar-refractivity contribution in [3.63, 3.8) is 0 Å². The first-order valence-corrected chi connectivity index (χ1v) is 24.0. The van der Waals surface area contributed by atoms with Gasteiger partial charge in [-0.05, 0) is 39.2 Å². The summed E-state index contributed by atoms with van der Waals surface area (Å²) in [6, 6.07) is -3.31. The minimum absolute atomic E-state index is 0.0694. The van der Waals surface area contributed by atoms with E-state index in [0.29, 0.717) is 25.8 Å². The lowest BCUT2D eigenvalue weighted by atomic mass is 9.96. The fourth-order valence-corrected chi connectivity index (χ4v) is 8.21. The number of carboxylic acids is 1. The highest BCUT2D eigenvalue weighted by Crippen LogP contribution is 2.43. The first-order valence-electron chi connectivity index (χ1n) is 22.5. The molecule has 22 heteroatoms. The van der Waals surface area contributed by atoms with Crippen molar-refractivity contribution in [1.82, 2.24) is 20.9 Å². The molecule has 0 bridgehead atoms. The average molecular weight is 924 g/mol. The van der Waals surface area contributed by atoms with E-state index in [4.69, 9.17) is 29.0 Å². The Morgan fingerprint density at radius 1 is 0.921 bits per heavy atom. The number of unbranched alkanes of at least 4 members (excludes halogenated alkanes) is 11. The Morgan fingerprint density at radius 3 is 2.11 bits per heavy atom. The molecule has 2 aliphatic heterocycles. The smallest absolute Gasteiger partial charge is 0.472 e. The quantitative estimate of drug-likeness (QED) is 0.0260. The number of carbonyl (C=O) groups is 6. The van der Waals surface area contributed by atoms with Gasteiger partial charge in [0.25, 0.3) is 0 Å². The molecule has 2 saturated heterocycles. The summed E-state index contributed by atoms with van der Waals surface area (Å²) < 4.78 is 38.9. The van der Waals surface area contributed by atoms with E-state index in [1.54, 1.807) is 0 Å². The van der Waals surface area contributed by atoms with Crippen molar-refractivity contribution in [2.75, 3.05) is 39.5 Å². The van der Waals surface area contributed by atoms with Crippen LogP contribution < -0.4 is 21.7 Å². The van der Waals surface area contributed by atoms with E-state index in [-0.39, 0.29) is 39.1 Å². The van der Waals surface area contributed by atoms with Gasteiger partial charge >= 0.3 is 19.8 Å². The molecule has 0 spiro atoms. The van der Waals surface area contributed by atoms with Gasteiger partial charge in [0.05, 0.1) is 31.8 Å². The van der Waals surface area contributed by atoms with Gasteiger partial charge < -0.3 is 61.0 Å². The maximum atomic E-state index is 13.6. The molecule has 2 fully saturated rings. The van der Waals surface area contributed by atoms with Crippen LogP contribution in [-0.4, -0.2) is 149 Å². The summed E-state index contributed by atoms with van der Waals surface area (Å²) in [5.74, 6) is -4.69. The minimum Gasteiger partial charge on any atom is -0.481 e. The minimum atomic E-state index is -4.31.